The first-order valence-electron chi connectivity index (χ1n) is 13.6. The number of benzene rings is 3. The Hall–Kier alpha value is -2.78. The summed E-state index contributed by atoms with van der Waals surface area (Å²) in [6, 6.07) is 28.9. The number of likely N-dealkylation sites (tertiary alicyclic amines) is 1. The van der Waals surface area contributed by atoms with Gasteiger partial charge >= 0.3 is 0 Å². The molecule has 1 unspecified atom stereocenters. The summed E-state index contributed by atoms with van der Waals surface area (Å²) in [6.45, 7) is 16.5. The lowest BCUT2D eigenvalue weighted by molar-refractivity contribution is 0.306. The van der Waals surface area contributed by atoms with Crippen LogP contribution in [-0.4, -0.2) is 30.6 Å². The van der Waals surface area contributed by atoms with Crippen LogP contribution in [0.4, 0.5) is 5.69 Å². The monoisotopic (exact) mass is 484 g/mol. The Morgan fingerprint density at radius 3 is 2.22 bits per heavy atom. The molecule has 0 N–H and O–H groups in total. The molecule has 1 heterocycles. The summed E-state index contributed by atoms with van der Waals surface area (Å²) in [5.74, 6) is 1.62. The zero-order chi connectivity index (χ0) is 25.5. The van der Waals surface area contributed by atoms with Gasteiger partial charge in [-0.2, -0.15) is 0 Å². The highest BCUT2D eigenvalue weighted by Crippen LogP contribution is 2.28. The van der Waals surface area contributed by atoms with Crippen LogP contribution in [0, 0.1) is 5.92 Å². The lowest BCUT2D eigenvalue weighted by Gasteiger charge is -2.32. The molecule has 0 spiro atoms. The largest absolute Gasteiger partial charge is 0.489 e. The fourth-order valence-electron chi connectivity index (χ4n) is 4.97. The van der Waals surface area contributed by atoms with E-state index in [2.05, 4.69) is 117 Å². The van der Waals surface area contributed by atoms with Crippen molar-refractivity contribution in [2.45, 2.75) is 72.1 Å². The molecule has 0 bridgehead atoms. The molecule has 1 aliphatic heterocycles. The maximum Gasteiger partial charge on any atom is 0.119 e. The SMILES string of the molecule is CC(C)CCN(c1ccc(OCc2ccccc2)cc1)C1CCN(Cc2ccc(C(C)(C)C)cc2)C1. The molecule has 0 aromatic heterocycles. The summed E-state index contributed by atoms with van der Waals surface area (Å²) >= 11 is 0. The minimum absolute atomic E-state index is 0.205. The number of hydrogen-bond donors (Lipinski definition) is 0. The lowest BCUT2D eigenvalue weighted by Crippen LogP contribution is -2.38. The van der Waals surface area contributed by atoms with E-state index >= 15 is 0 Å². The molecule has 3 nitrogen and oxygen atoms in total. The van der Waals surface area contributed by atoms with Crippen LogP contribution in [0.2, 0.25) is 0 Å². The van der Waals surface area contributed by atoms with Gasteiger partial charge in [0.05, 0.1) is 0 Å². The quantitative estimate of drug-likeness (QED) is 0.293. The van der Waals surface area contributed by atoms with Crippen molar-refractivity contribution in [3.63, 3.8) is 0 Å². The molecule has 4 rings (SSSR count). The van der Waals surface area contributed by atoms with E-state index < -0.39 is 0 Å². The molecule has 0 radical (unpaired) electrons. The minimum Gasteiger partial charge on any atom is -0.489 e. The van der Waals surface area contributed by atoms with Gasteiger partial charge in [-0.1, -0.05) is 89.2 Å². The van der Waals surface area contributed by atoms with E-state index in [0.29, 0.717) is 18.6 Å². The van der Waals surface area contributed by atoms with E-state index in [-0.39, 0.29) is 5.41 Å². The van der Waals surface area contributed by atoms with E-state index in [1.54, 1.807) is 0 Å². The van der Waals surface area contributed by atoms with Crippen LogP contribution in [0.25, 0.3) is 0 Å². The van der Waals surface area contributed by atoms with Gasteiger partial charge in [0.1, 0.15) is 12.4 Å². The Labute approximate surface area is 219 Å². The van der Waals surface area contributed by atoms with Gasteiger partial charge in [-0.3, -0.25) is 4.90 Å². The van der Waals surface area contributed by atoms with E-state index in [9.17, 15) is 0 Å². The molecule has 0 aliphatic carbocycles. The van der Waals surface area contributed by atoms with Gasteiger partial charge in [0, 0.05) is 37.9 Å². The van der Waals surface area contributed by atoms with Crippen LogP contribution in [0.5, 0.6) is 5.75 Å². The normalized spacial score (nSPS) is 16.4. The highest BCUT2D eigenvalue weighted by Gasteiger charge is 2.28. The molecule has 36 heavy (non-hydrogen) atoms. The highest BCUT2D eigenvalue weighted by molar-refractivity contribution is 5.50. The molecule has 0 saturated carbocycles. The Morgan fingerprint density at radius 2 is 1.58 bits per heavy atom. The van der Waals surface area contributed by atoms with Crippen LogP contribution in [-0.2, 0) is 18.6 Å². The maximum absolute atomic E-state index is 6.04. The van der Waals surface area contributed by atoms with Crippen LogP contribution < -0.4 is 9.64 Å². The Kier molecular flexibility index (Phi) is 8.74. The van der Waals surface area contributed by atoms with Gasteiger partial charge in [-0.15, -0.1) is 0 Å². The first-order valence-corrected chi connectivity index (χ1v) is 13.6. The summed E-state index contributed by atoms with van der Waals surface area (Å²) in [5.41, 5.74) is 5.53. The average molecular weight is 485 g/mol. The van der Waals surface area contributed by atoms with E-state index in [0.717, 1.165) is 31.9 Å². The first-order chi connectivity index (χ1) is 17.3. The van der Waals surface area contributed by atoms with Crippen LogP contribution >= 0.6 is 0 Å². The fraction of sp³-hybridized carbons (Fsp3) is 0.455. The van der Waals surface area contributed by atoms with Gasteiger partial charge in [0.25, 0.3) is 0 Å². The summed E-state index contributed by atoms with van der Waals surface area (Å²) < 4.78 is 6.04. The third kappa shape index (κ3) is 7.36. The molecule has 1 fully saturated rings. The lowest BCUT2D eigenvalue weighted by atomic mass is 9.87. The van der Waals surface area contributed by atoms with E-state index in [1.807, 2.05) is 6.07 Å². The summed E-state index contributed by atoms with van der Waals surface area (Å²) in [6.07, 6.45) is 2.42. The number of nitrogens with zero attached hydrogens (tertiary/aromatic N) is 2. The first kappa shape index (κ1) is 26.3. The van der Waals surface area contributed by atoms with Crippen molar-refractivity contribution in [1.29, 1.82) is 0 Å². The van der Waals surface area contributed by atoms with Gasteiger partial charge < -0.3 is 9.64 Å². The van der Waals surface area contributed by atoms with Crippen molar-refractivity contribution < 1.29 is 4.74 Å². The van der Waals surface area contributed by atoms with Crippen molar-refractivity contribution >= 4 is 5.69 Å². The molecule has 3 aromatic rings. The second-order valence-corrected chi connectivity index (χ2v) is 11.8. The predicted octanol–water partition coefficient (Wildman–Crippen LogP) is 7.69. The molecule has 1 saturated heterocycles. The van der Waals surface area contributed by atoms with Crippen LogP contribution in [0.15, 0.2) is 78.9 Å². The molecule has 1 aliphatic rings. The standard InChI is InChI=1S/C33H44N2O/c1-26(2)19-22-35(30-15-17-32(18-16-30)36-25-28-9-7-6-8-10-28)31-20-21-34(24-31)23-27-11-13-29(14-12-27)33(3,4)5/h6-18,26,31H,19-25H2,1-5H3. The van der Waals surface area contributed by atoms with Crippen molar-refractivity contribution in [2.24, 2.45) is 5.92 Å². The number of anilines is 1. The molecular weight excluding hydrogens is 440 g/mol. The topological polar surface area (TPSA) is 15.7 Å². The molecule has 3 heteroatoms. The molecule has 192 valence electrons. The Morgan fingerprint density at radius 1 is 0.889 bits per heavy atom. The van der Waals surface area contributed by atoms with Gasteiger partial charge in [-0.25, -0.2) is 0 Å². The zero-order valence-electron chi connectivity index (χ0n) is 22.9. The second-order valence-electron chi connectivity index (χ2n) is 11.8. The fourth-order valence-corrected chi connectivity index (χ4v) is 4.97. The molecular formula is C33H44N2O. The summed E-state index contributed by atoms with van der Waals surface area (Å²) in [5, 5.41) is 0. The van der Waals surface area contributed by atoms with Gasteiger partial charge in [0.2, 0.25) is 0 Å². The third-order valence-corrected chi connectivity index (χ3v) is 7.28. The van der Waals surface area contributed by atoms with Crippen molar-refractivity contribution in [3.8, 4) is 5.75 Å². The number of rotatable bonds is 10. The molecule has 0 amide bonds. The van der Waals surface area contributed by atoms with Crippen LogP contribution in [0.3, 0.4) is 0 Å². The van der Waals surface area contributed by atoms with Gasteiger partial charge in [0.15, 0.2) is 0 Å². The smallest absolute Gasteiger partial charge is 0.119 e. The number of hydrogen-bond acceptors (Lipinski definition) is 3. The summed E-state index contributed by atoms with van der Waals surface area (Å²) in [4.78, 5) is 5.26. The second kappa shape index (κ2) is 12.0. The summed E-state index contributed by atoms with van der Waals surface area (Å²) in [7, 11) is 0. The maximum atomic E-state index is 6.04. The van der Waals surface area contributed by atoms with Crippen molar-refractivity contribution in [1.82, 2.24) is 4.90 Å². The predicted molar refractivity (Wildman–Crippen MR) is 153 cm³/mol. The van der Waals surface area contributed by atoms with Gasteiger partial charge in [-0.05, 0) is 65.1 Å². The average Bonchev–Trinajstić information content (AvgIpc) is 3.32. The van der Waals surface area contributed by atoms with Crippen molar-refractivity contribution in [3.05, 3.63) is 95.6 Å². The van der Waals surface area contributed by atoms with Crippen LogP contribution in [0.1, 0.15) is 64.2 Å². The molecule has 3 aromatic carbocycles. The molecule has 1 atom stereocenters. The minimum atomic E-state index is 0.205. The zero-order valence-corrected chi connectivity index (χ0v) is 22.9. The third-order valence-electron chi connectivity index (χ3n) is 7.28. The highest BCUT2D eigenvalue weighted by atomic mass is 16.5. The Bertz CT molecular complexity index is 1050. The van der Waals surface area contributed by atoms with E-state index in [4.69, 9.17) is 4.74 Å². The van der Waals surface area contributed by atoms with E-state index in [1.165, 1.54) is 35.2 Å². The number of ether oxygens (including phenoxy) is 1. The van der Waals surface area contributed by atoms with Crippen molar-refractivity contribution in [2.75, 3.05) is 24.5 Å². The Balaban J connectivity index is 1.38.